The van der Waals surface area contributed by atoms with Crippen molar-refractivity contribution in [2.24, 2.45) is 0 Å². The lowest BCUT2D eigenvalue weighted by Gasteiger charge is -2.26. The normalized spacial score (nSPS) is 17.0. The van der Waals surface area contributed by atoms with E-state index >= 15 is 0 Å². The molecule has 6 nitrogen and oxygen atoms in total. The van der Waals surface area contributed by atoms with Gasteiger partial charge in [0.1, 0.15) is 0 Å². The van der Waals surface area contributed by atoms with Gasteiger partial charge in [0.15, 0.2) is 0 Å². The number of hydrogen-bond acceptors (Lipinski definition) is 5. The Morgan fingerprint density at radius 2 is 2.29 bits per heavy atom. The second-order valence-electron chi connectivity index (χ2n) is 4.05. The summed E-state index contributed by atoms with van der Waals surface area (Å²) in [4.78, 5) is 13.9. The Bertz CT molecular complexity index is 372. The van der Waals surface area contributed by atoms with Crippen molar-refractivity contribution in [2.45, 2.75) is 6.92 Å². The van der Waals surface area contributed by atoms with E-state index in [1.165, 1.54) is 6.20 Å². The van der Waals surface area contributed by atoms with Crippen molar-refractivity contribution >= 4 is 5.91 Å². The lowest BCUT2D eigenvalue weighted by Crippen LogP contribution is -2.41. The molecule has 0 aromatic carbocycles. The Kier molecular flexibility index (Phi) is 4.11. The molecule has 94 valence electrons. The summed E-state index contributed by atoms with van der Waals surface area (Å²) in [6.07, 6.45) is 1.54. The maximum Gasteiger partial charge on any atom is 0.290 e. The van der Waals surface area contributed by atoms with Crippen molar-refractivity contribution in [3.63, 3.8) is 0 Å². The maximum absolute atomic E-state index is 11.7. The lowest BCUT2D eigenvalue weighted by atomic mass is 10.3. The van der Waals surface area contributed by atoms with Gasteiger partial charge < -0.3 is 14.6 Å². The molecule has 0 atom stereocenters. The monoisotopic (exact) mass is 239 g/mol. The summed E-state index contributed by atoms with van der Waals surface area (Å²) < 4.78 is 10.1. The van der Waals surface area contributed by atoms with Crippen LogP contribution in [0, 0.1) is 6.92 Å². The van der Waals surface area contributed by atoms with E-state index in [1.807, 2.05) is 0 Å². The largest absolute Gasteiger partial charge is 0.379 e. The quantitative estimate of drug-likeness (QED) is 0.803. The number of nitrogens with one attached hydrogen (secondary N) is 1. The van der Waals surface area contributed by atoms with E-state index in [4.69, 9.17) is 9.26 Å². The molecule has 0 saturated carbocycles. The molecule has 2 heterocycles. The van der Waals surface area contributed by atoms with E-state index in [0.29, 0.717) is 12.3 Å². The minimum atomic E-state index is -0.201. The highest BCUT2D eigenvalue weighted by Gasteiger charge is 2.14. The lowest BCUT2D eigenvalue weighted by molar-refractivity contribution is 0.0382. The molecule has 0 aliphatic carbocycles. The first-order valence-corrected chi connectivity index (χ1v) is 5.77. The number of carbonyl (C=O) groups is 1. The molecule has 1 aromatic rings. The SMILES string of the molecule is Cc1cnoc1C(=O)NCCN1CCOCC1. The molecule has 2 rings (SSSR count). The first kappa shape index (κ1) is 12.1. The van der Waals surface area contributed by atoms with E-state index < -0.39 is 0 Å². The minimum absolute atomic E-state index is 0.201. The van der Waals surface area contributed by atoms with Crippen LogP contribution in [-0.2, 0) is 4.74 Å². The van der Waals surface area contributed by atoms with E-state index in [0.717, 1.165) is 38.4 Å². The van der Waals surface area contributed by atoms with Crippen LogP contribution >= 0.6 is 0 Å². The third kappa shape index (κ3) is 3.28. The molecule has 0 spiro atoms. The molecule has 1 aliphatic rings. The number of amides is 1. The Morgan fingerprint density at radius 3 is 2.94 bits per heavy atom. The number of hydrogen-bond donors (Lipinski definition) is 1. The molecule has 0 bridgehead atoms. The van der Waals surface area contributed by atoms with Crippen LogP contribution in [0.25, 0.3) is 0 Å². The number of morpholine rings is 1. The highest BCUT2D eigenvalue weighted by Crippen LogP contribution is 2.04. The highest BCUT2D eigenvalue weighted by molar-refractivity contribution is 5.92. The van der Waals surface area contributed by atoms with Crippen molar-refractivity contribution in [2.75, 3.05) is 39.4 Å². The summed E-state index contributed by atoms with van der Waals surface area (Å²) in [5.41, 5.74) is 0.758. The van der Waals surface area contributed by atoms with Gasteiger partial charge in [0, 0.05) is 31.7 Å². The van der Waals surface area contributed by atoms with Gasteiger partial charge in [0.25, 0.3) is 5.91 Å². The predicted octanol–water partition coefficient (Wildman–Crippen LogP) is 0.0450. The van der Waals surface area contributed by atoms with Gasteiger partial charge in [-0.1, -0.05) is 5.16 Å². The molecule has 6 heteroatoms. The summed E-state index contributed by atoms with van der Waals surface area (Å²) in [7, 11) is 0. The van der Waals surface area contributed by atoms with Crippen LogP contribution in [0.4, 0.5) is 0 Å². The van der Waals surface area contributed by atoms with E-state index in [-0.39, 0.29) is 5.91 Å². The smallest absolute Gasteiger partial charge is 0.290 e. The van der Waals surface area contributed by atoms with Crippen LogP contribution < -0.4 is 5.32 Å². The standard InChI is InChI=1S/C11H17N3O3/c1-9-8-13-17-10(9)11(15)12-2-3-14-4-6-16-7-5-14/h8H,2-7H2,1H3,(H,12,15). The number of rotatable bonds is 4. The second-order valence-corrected chi connectivity index (χ2v) is 4.05. The average Bonchev–Trinajstić information content (AvgIpc) is 2.77. The molecule has 17 heavy (non-hydrogen) atoms. The summed E-state index contributed by atoms with van der Waals surface area (Å²) in [6, 6.07) is 0. The zero-order valence-electron chi connectivity index (χ0n) is 9.94. The van der Waals surface area contributed by atoms with Crippen molar-refractivity contribution in [1.29, 1.82) is 0 Å². The zero-order valence-corrected chi connectivity index (χ0v) is 9.94. The second kappa shape index (κ2) is 5.79. The van der Waals surface area contributed by atoms with E-state index in [9.17, 15) is 4.79 Å². The Hall–Kier alpha value is -1.40. The summed E-state index contributed by atoms with van der Waals surface area (Å²) in [6.45, 7) is 6.65. The molecule has 0 radical (unpaired) electrons. The summed E-state index contributed by atoms with van der Waals surface area (Å²) in [5.74, 6) is 0.0974. The molecule has 1 aliphatic heterocycles. The average molecular weight is 239 g/mol. The predicted molar refractivity (Wildman–Crippen MR) is 60.8 cm³/mol. The molecule has 1 N–H and O–H groups in total. The fourth-order valence-electron chi connectivity index (χ4n) is 1.74. The Labute approximate surface area is 99.9 Å². The first-order valence-electron chi connectivity index (χ1n) is 5.77. The van der Waals surface area contributed by atoms with Crippen molar-refractivity contribution in [1.82, 2.24) is 15.4 Å². The molecular formula is C11H17N3O3. The zero-order chi connectivity index (χ0) is 12.1. The van der Waals surface area contributed by atoms with Gasteiger partial charge >= 0.3 is 0 Å². The van der Waals surface area contributed by atoms with Gasteiger partial charge in [-0.25, -0.2) is 0 Å². The van der Waals surface area contributed by atoms with Crippen LogP contribution in [0.3, 0.4) is 0 Å². The highest BCUT2D eigenvalue weighted by atomic mass is 16.5. The topological polar surface area (TPSA) is 67.6 Å². The molecule has 1 amide bonds. The van der Waals surface area contributed by atoms with Crippen molar-refractivity contribution in [3.8, 4) is 0 Å². The molecule has 1 saturated heterocycles. The number of aryl methyl sites for hydroxylation is 1. The van der Waals surface area contributed by atoms with Crippen molar-refractivity contribution in [3.05, 3.63) is 17.5 Å². The first-order chi connectivity index (χ1) is 8.27. The van der Waals surface area contributed by atoms with Crippen molar-refractivity contribution < 1.29 is 14.1 Å². The van der Waals surface area contributed by atoms with E-state index in [1.54, 1.807) is 6.92 Å². The molecule has 1 fully saturated rings. The fourth-order valence-corrected chi connectivity index (χ4v) is 1.74. The number of nitrogens with zero attached hydrogens (tertiary/aromatic N) is 2. The third-order valence-corrected chi connectivity index (χ3v) is 2.77. The summed E-state index contributed by atoms with van der Waals surface area (Å²) in [5, 5.41) is 6.40. The minimum Gasteiger partial charge on any atom is -0.379 e. The van der Waals surface area contributed by atoms with Crippen LogP contribution in [0.2, 0.25) is 0 Å². The van der Waals surface area contributed by atoms with Gasteiger partial charge in [-0.3, -0.25) is 9.69 Å². The fraction of sp³-hybridized carbons (Fsp3) is 0.636. The Morgan fingerprint density at radius 1 is 1.53 bits per heavy atom. The number of ether oxygens (including phenoxy) is 1. The van der Waals surface area contributed by atoms with Gasteiger partial charge in [0.2, 0.25) is 5.76 Å². The molecule has 1 aromatic heterocycles. The van der Waals surface area contributed by atoms with Crippen LogP contribution in [-0.4, -0.2) is 55.4 Å². The molecular weight excluding hydrogens is 222 g/mol. The third-order valence-electron chi connectivity index (χ3n) is 2.77. The van der Waals surface area contributed by atoms with Gasteiger partial charge in [-0.05, 0) is 6.92 Å². The van der Waals surface area contributed by atoms with Crippen LogP contribution in [0.5, 0.6) is 0 Å². The number of carbonyl (C=O) groups excluding carboxylic acids is 1. The van der Waals surface area contributed by atoms with Gasteiger partial charge in [-0.2, -0.15) is 0 Å². The van der Waals surface area contributed by atoms with E-state index in [2.05, 4.69) is 15.4 Å². The molecule has 0 unspecified atom stereocenters. The van der Waals surface area contributed by atoms with Gasteiger partial charge in [0.05, 0.1) is 19.4 Å². The maximum atomic E-state index is 11.7. The van der Waals surface area contributed by atoms with Gasteiger partial charge in [-0.15, -0.1) is 0 Å². The van der Waals surface area contributed by atoms with Crippen LogP contribution in [0.1, 0.15) is 16.1 Å². The Balaban J connectivity index is 1.71. The number of aromatic nitrogens is 1. The summed E-state index contributed by atoms with van der Waals surface area (Å²) >= 11 is 0. The van der Waals surface area contributed by atoms with Crippen LogP contribution in [0.15, 0.2) is 10.7 Å².